The monoisotopic (exact) mass is 183 g/mol. The van der Waals surface area contributed by atoms with Crippen LogP contribution in [0.15, 0.2) is 6.20 Å². The lowest BCUT2D eigenvalue weighted by atomic mass is 10.2. The predicted octanol–water partition coefficient (Wildman–Crippen LogP) is -0.379. The summed E-state index contributed by atoms with van der Waals surface area (Å²) in [5.41, 5.74) is 6.68. The minimum atomic E-state index is -0.955. The molecule has 2 rings (SSSR count). The van der Waals surface area contributed by atoms with Crippen molar-refractivity contribution in [2.45, 2.75) is 12.6 Å². The highest BCUT2D eigenvalue weighted by molar-refractivity contribution is 5.72. The van der Waals surface area contributed by atoms with Crippen molar-refractivity contribution < 1.29 is 14.6 Å². The Morgan fingerprint density at radius 3 is 3.31 bits per heavy atom. The van der Waals surface area contributed by atoms with Gasteiger partial charge in [0.25, 0.3) is 0 Å². The molecule has 0 radical (unpaired) electrons. The van der Waals surface area contributed by atoms with Crippen LogP contribution in [0.2, 0.25) is 0 Å². The summed E-state index contributed by atoms with van der Waals surface area (Å²) >= 11 is 0. The predicted molar refractivity (Wildman–Crippen MR) is 43.0 cm³/mol. The third-order valence-corrected chi connectivity index (χ3v) is 2.03. The number of hydrogen-bond donors (Lipinski definition) is 2. The number of aromatic nitrogens is 2. The average Bonchev–Trinajstić information content (AvgIpc) is 2.48. The minimum absolute atomic E-state index is 0.142. The smallest absolute Gasteiger partial charge is 0.330 e. The van der Waals surface area contributed by atoms with Gasteiger partial charge in [0.15, 0.2) is 6.04 Å². The van der Waals surface area contributed by atoms with Gasteiger partial charge in [-0.05, 0) is 0 Å². The normalized spacial score (nSPS) is 21.1. The zero-order valence-electron chi connectivity index (χ0n) is 6.80. The molecule has 13 heavy (non-hydrogen) atoms. The fraction of sp³-hybridized carbons (Fsp3) is 0.429. The molecule has 6 nitrogen and oxygen atoms in total. The summed E-state index contributed by atoms with van der Waals surface area (Å²) in [6.07, 6.45) is 1.44. The summed E-state index contributed by atoms with van der Waals surface area (Å²) in [6.45, 7) is 0.471. The number of carbonyl (C=O) groups is 1. The fourth-order valence-electron chi connectivity index (χ4n) is 1.33. The van der Waals surface area contributed by atoms with Gasteiger partial charge in [-0.1, -0.05) is 0 Å². The van der Waals surface area contributed by atoms with E-state index in [0.29, 0.717) is 18.0 Å². The van der Waals surface area contributed by atoms with Crippen LogP contribution in [0.25, 0.3) is 0 Å². The maximum absolute atomic E-state index is 10.7. The van der Waals surface area contributed by atoms with Gasteiger partial charge in [-0.3, -0.25) is 0 Å². The molecule has 1 aromatic heterocycles. The van der Waals surface area contributed by atoms with Crippen molar-refractivity contribution in [1.29, 1.82) is 0 Å². The van der Waals surface area contributed by atoms with Crippen molar-refractivity contribution >= 4 is 11.7 Å². The number of fused-ring (bicyclic) bond motifs is 1. The van der Waals surface area contributed by atoms with E-state index in [2.05, 4.69) is 5.10 Å². The van der Waals surface area contributed by atoms with Crippen molar-refractivity contribution in [3.8, 4) is 0 Å². The van der Waals surface area contributed by atoms with Crippen molar-refractivity contribution in [1.82, 2.24) is 9.78 Å². The van der Waals surface area contributed by atoms with Gasteiger partial charge in [-0.25, -0.2) is 9.48 Å². The van der Waals surface area contributed by atoms with E-state index in [1.54, 1.807) is 0 Å². The van der Waals surface area contributed by atoms with Crippen LogP contribution >= 0.6 is 0 Å². The van der Waals surface area contributed by atoms with E-state index in [-0.39, 0.29) is 6.61 Å². The number of rotatable bonds is 1. The lowest BCUT2D eigenvalue weighted by Gasteiger charge is -2.21. The molecule has 3 N–H and O–H groups in total. The highest BCUT2D eigenvalue weighted by Crippen LogP contribution is 2.22. The standard InChI is InChI=1S/C7H9N3O3/c8-4-1-9-10-5(4)2-13-3-6(10)7(11)12/h1,6H,2-3,8H2,(H,11,12). The van der Waals surface area contributed by atoms with Crippen molar-refractivity contribution in [3.05, 3.63) is 11.9 Å². The zero-order chi connectivity index (χ0) is 9.42. The van der Waals surface area contributed by atoms with Gasteiger partial charge in [0.2, 0.25) is 0 Å². The number of nitrogens with two attached hydrogens (primary N) is 1. The summed E-state index contributed by atoms with van der Waals surface area (Å²) < 4.78 is 6.49. The van der Waals surface area contributed by atoms with Crippen molar-refractivity contribution in [2.75, 3.05) is 12.3 Å². The van der Waals surface area contributed by atoms with E-state index in [9.17, 15) is 4.79 Å². The first kappa shape index (κ1) is 8.06. The number of ether oxygens (including phenoxy) is 1. The van der Waals surface area contributed by atoms with E-state index in [0.717, 1.165) is 0 Å². The summed E-state index contributed by atoms with van der Waals surface area (Å²) in [5.74, 6) is -0.955. The highest BCUT2D eigenvalue weighted by Gasteiger charge is 2.28. The van der Waals surface area contributed by atoms with Gasteiger partial charge in [-0.2, -0.15) is 5.10 Å². The second-order valence-corrected chi connectivity index (χ2v) is 2.86. The van der Waals surface area contributed by atoms with E-state index in [4.69, 9.17) is 15.6 Å². The summed E-state index contributed by atoms with van der Waals surface area (Å²) in [4.78, 5) is 10.7. The van der Waals surface area contributed by atoms with Crippen LogP contribution in [0.5, 0.6) is 0 Å². The minimum Gasteiger partial charge on any atom is -0.480 e. The topological polar surface area (TPSA) is 90.4 Å². The molecule has 1 aromatic rings. The van der Waals surface area contributed by atoms with Crippen LogP contribution in [-0.2, 0) is 16.1 Å². The molecule has 0 saturated carbocycles. The first-order valence-corrected chi connectivity index (χ1v) is 3.82. The lowest BCUT2D eigenvalue weighted by molar-refractivity contribution is -0.144. The van der Waals surface area contributed by atoms with Crippen LogP contribution < -0.4 is 5.73 Å². The Labute approximate surface area is 73.9 Å². The fourth-order valence-corrected chi connectivity index (χ4v) is 1.33. The van der Waals surface area contributed by atoms with E-state index in [1.807, 2.05) is 0 Å². The van der Waals surface area contributed by atoms with Gasteiger partial charge in [0, 0.05) is 0 Å². The Balaban J connectivity index is 2.43. The molecule has 0 fully saturated rings. The largest absolute Gasteiger partial charge is 0.480 e. The second-order valence-electron chi connectivity index (χ2n) is 2.86. The van der Waals surface area contributed by atoms with Crippen molar-refractivity contribution in [3.63, 3.8) is 0 Å². The molecule has 0 aliphatic carbocycles. The Kier molecular flexibility index (Phi) is 1.70. The molecule has 0 bridgehead atoms. The average molecular weight is 183 g/mol. The lowest BCUT2D eigenvalue weighted by Crippen LogP contribution is -2.30. The quantitative estimate of drug-likeness (QED) is 0.619. The van der Waals surface area contributed by atoms with Crippen LogP contribution in [0.4, 0.5) is 5.69 Å². The molecule has 1 aliphatic heterocycles. The van der Waals surface area contributed by atoms with Gasteiger partial charge in [-0.15, -0.1) is 0 Å². The van der Waals surface area contributed by atoms with Crippen LogP contribution in [0.3, 0.4) is 0 Å². The maximum Gasteiger partial charge on any atom is 0.330 e. The number of aliphatic carboxylic acids is 1. The third-order valence-electron chi connectivity index (χ3n) is 2.03. The van der Waals surface area contributed by atoms with E-state index >= 15 is 0 Å². The molecule has 0 spiro atoms. The first-order valence-electron chi connectivity index (χ1n) is 3.82. The molecule has 70 valence electrons. The zero-order valence-corrected chi connectivity index (χ0v) is 6.80. The molecule has 0 saturated heterocycles. The Hall–Kier alpha value is -1.56. The Bertz CT molecular complexity index is 347. The van der Waals surface area contributed by atoms with Gasteiger partial charge < -0.3 is 15.6 Å². The first-order chi connectivity index (χ1) is 6.20. The van der Waals surface area contributed by atoms with Crippen LogP contribution in [0, 0.1) is 0 Å². The number of nitrogen functional groups attached to an aromatic ring is 1. The van der Waals surface area contributed by atoms with Crippen LogP contribution in [0.1, 0.15) is 11.7 Å². The third kappa shape index (κ3) is 1.15. The van der Waals surface area contributed by atoms with Gasteiger partial charge in [0.1, 0.15) is 0 Å². The highest BCUT2D eigenvalue weighted by atomic mass is 16.5. The Morgan fingerprint density at radius 1 is 1.85 bits per heavy atom. The van der Waals surface area contributed by atoms with Gasteiger partial charge >= 0.3 is 5.97 Å². The number of anilines is 1. The number of hydrogen-bond acceptors (Lipinski definition) is 4. The second kappa shape index (κ2) is 2.74. The molecular formula is C7H9N3O3. The number of nitrogens with zero attached hydrogens (tertiary/aromatic N) is 2. The van der Waals surface area contributed by atoms with Crippen molar-refractivity contribution in [2.24, 2.45) is 0 Å². The van der Waals surface area contributed by atoms with E-state index in [1.165, 1.54) is 10.9 Å². The van der Waals surface area contributed by atoms with E-state index < -0.39 is 12.0 Å². The maximum atomic E-state index is 10.7. The van der Waals surface area contributed by atoms with Crippen LogP contribution in [-0.4, -0.2) is 27.5 Å². The molecule has 2 heterocycles. The number of carboxylic acid groups (broad SMARTS) is 1. The SMILES string of the molecule is Nc1cnn2c1COCC2C(=O)O. The number of carboxylic acids is 1. The molecule has 1 unspecified atom stereocenters. The molecule has 0 amide bonds. The molecular weight excluding hydrogens is 174 g/mol. The molecule has 6 heteroatoms. The molecule has 1 atom stereocenters. The van der Waals surface area contributed by atoms with Gasteiger partial charge in [0.05, 0.1) is 30.8 Å². The Morgan fingerprint density at radius 2 is 2.62 bits per heavy atom. The summed E-state index contributed by atoms with van der Waals surface area (Å²) in [5, 5.41) is 12.7. The molecule has 0 aromatic carbocycles. The summed E-state index contributed by atoms with van der Waals surface area (Å²) in [7, 11) is 0. The molecule has 1 aliphatic rings. The summed E-state index contributed by atoms with van der Waals surface area (Å²) in [6, 6.07) is -0.749.